The minimum Gasteiger partial charge on any atom is -0.350 e. The molecule has 1 aromatic heterocycles. The smallest absolute Gasteiger partial charge is 0.187 e. The van der Waals surface area contributed by atoms with E-state index in [-0.39, 0.29) is 0 Å². The lowest BCUT2D eigenvalue weighted by Gasteiger charge is -2.39. The van der Waals surface area contributed by atoms with E-state index < -0.39 is 0 Å². The highest BCUT2D eigenvalue weighted by Gasteiger charge is 2.25. The number of rotatable bonds is 2. The summed E-state index contributed by atoms with van der Waals surface area (Å²) in [5, 5.41) is 0.541. The molecule has 0 amide bonds. The van der Waals surface area contributed by atoms with Crippen LogP contribution >= 0.6 is 23.3 Å². The molecule has 0 bridgehead atoms. The van der Waals surface area contributed by atoms with Crippen LogP contribution in [-0.4, -0.2) is 46.4 Å². The Bertz CT molecular complexity index is 330. The van der Waals surface area contributed by atoms with Crippen molar-refractivity contribution < 1.29 is 0 Å². The predicted octanol–water partition coefficient (Wildman–Crippen LogP) is 1.72. The zero-order valence-electron chi connectivity index (χ0n) is 8.98. The SMILES string of the molecule is CCC1CN(c2nsnc2Cl)CCN1C. The zero-order valence-corrected chi connectivity index (χ0v) is 10.6. The van der Waals surface area contributed by atoms with Gasteiger partial charge in [0.15, 0.2) is 11.0 Å². The summed E-state index contributed by atoms with van der Waals surface area (Å²) in [4.78, 5) is 4.63. The maximum atomic E-state index is 5.98. The molecule has 84 valence electrons. The molecule has 1 fully saturated rings. The van der Waals surface area contributed by atoms with E-state index in [1.807, 2.05) is 0 Å². The summed E-state index contributed by atoms with van der Waals surface area (Å²) in [6.45, 7) is 5.26. The molecule has 1 aliphatic rings. The van der Waals surface area contributed by atoms with Crippen molar-refractivity contribution >= 4 is 29.1 Å². The molecule has 1 aromatic rings. The maximum Gasteiger partial charge on any atom is 0.187 e. The average molecular weight is 247 g/mol. The molecule has 2 heterocycles. The van der Waals surface area contributed by atoms with Crippen LogP contribution in [0.5, 0.6) is 0 Å². The van der Waals surface area contributed by atoms with E-state index in [1.54, 1.807) is 0 Å². The lowest BCUT2D eigenvalue weighted by atomic mass is 10.1. The molecule has 0 spiro atoms. The fourth-order valence-corrected chi connectivity index (χ4v) is 2.72. The predicted molar refractivity (Wildman–Crippen MR) is 63.8 cm³/mol. The second kappa shape index (κ2) is 4.63. The minimum absolute atomic E-state index is 0.541. The number of hydrogen-bond donors (Lipinski definition) is 0. The van der Waals surface area contributed by atoms with Crippen LogP contribution in [0.25, 0.3) is 0 Å². The van der Waals surface area contributed by atoms with E-state index in [0.29, 0.717) is 11.2 Å². The second-order valence-corrected chi connectivity index (χ2v) is 4.75. The largest absolute Gasteiger partial charge is 0.350 e. The molecule has 15 heavy (non-hydrogen) atoms. The number of aromatic nitrogens is 2. The second-order valence-electron chi connectivity index (χ2n) is 3.87. The number of halogens is 1. The Balaban J connectivity index is 2.09. The summed E-state index contributed by atoms with van der Waals surface area (Å²) >= 11 is 7.16. The first kappa shape index (κ1) is 11.1. The van der Waals surface area contributed by atoms with Crippen LogP contribution in [0.1, 0.15) is 13.3 Å². The van der Waals surface area contributed by atoms with Crippen molar-refractivity contribution in [3.63, 3.8) is 0 Å². The van der Waals surface area contributed by atoms with Gasteiger partial charge in [-0.2, -0.15) is 8.75 Å². The van der Waals surface area contributed by atoms with E-state index in [4.69, 9.17) is 11.6 Å². The number of anilines is 1. The molecule has 0 radical (unpaired) electrons. The van der Waals surface area contributed by atoms with Crippen molar-refractivity contribution in [1.82, 2.24) is 13.6 Å². The molecule has 4 nitrogen and oxygen atoms in total. The quantitative estimate of drug-likeness (QED) is 0.796. The van der Waals surface area contributed by atoms with Crippen LogP contribution in [0.3, 0.4) is 0 Å². The van der Waals surface area contributed by atoms with Crippen molar-refractivity contribution in [2.45, 2.75) is 19.4 Å². The fourth-order valence-electron chi connectivity index (χ4n) is 1.94. The highest BCUT2D eigenvalue weighted by atomic mass is 35.5. The summed E-state index contributed by atoms with van der Waals surface area (Å²) in [5.41, 5.74) is 0. The molecule has 0 aliphatic carbocycles. The van der Waals surface area contributed by atoms with Crippen molar-refractivity contribution in [1.29, 1.82) is 0 Å². The molecular weight excluding hydrogens is 232 g/mol. The standard InChI is InChI=1S/C9H15ClN4S/c1-3-7-6-14(5-4-13(7)2)9-8(10)11-15-12-9/h7H,3-6H2,1-2H3. The van der Waals surface area contributed by atoms with E-state index in [0.717, 1.165) is 31.9 Å². The van der Waals surface area contributed by atoms with E-state index in [2.05, 4.69) is 32.5 Å². The third kappa shape index (κ3) is 2.24. The summed E-state index contributed by atoms with van der Waals surface area (Å²) in [7, 11) is 2.17. The molecule has 0 saturated carbocycles. The van der Waals surface area contributed by atoms with Gasteiger partial charge in [-0.05, 0) is 13.5 Å². The van der Waals surface area contributed by atoms with Crippen LogP contribution in [0.2, 0.25) is 5.15 Å². The lowest BCUT2D eigenvalue weighted by Crippen LogP contribution is -2.51. The normalized spacial score (nSPS) is 23.4. The molecule has 0 N–H and O–H groups in total. The molecule has 1 aliphatic heterocycles. The first-order chi connectivity index (χ1) is 7.22. The summed E-state index contributed by atoms with van der Waals surface area (Å²) < 4.78 is 8.24. The van der Waals surface area contributed by atoms with E-state index in [1.165, 1.54) is 11.7 Å². The Morgan fingerprint density at radius 1 is 1.47 bits per heavy atom. The topological polar surface area (TPSA) is 32.3 Å². The van der Waals surface area contributed by atoms with Crippen molar-refractivity contribution in [2.24, 2.45) is 0 Å². The molecule has 0 aromatic carbocycles. The van der Waals surface area contributed by atoms with Crippen LogP contribution in [-0.2, 0) is 0 Å². The van der Waals surface area contributed by atoms with Crippen LogP contribution < -0.4 is 4.90 Å². The number of nitrogens with zero attached hydrogens (tertiary/aromatic N) is 4. The average Bonchev–Trinajstić information content (AvgIpc) is 2.65. The first-order valence-electron chi connectivity index (χ1n) is 5.15. The number of hydrogen-bond acceptors (Lipinski definition) is 5. The maximum absolute atomic E-state index is 5.98. The highest BCUT2D eigenvalue weighted by Crippen LogP contribution is 2.25. The van der Waals surface area contributed by atoms with Crippen LogP contribution in [0, 0.1) is 0 Å². The van der Waals surface area contributed by atoms with Gasteiger partial charge in [-0.1, -0.05) is 18.5 Å². The molecular formula is C9H15ClN4S. The van der Waals surface area contributed by atoms with Crippen LogP contribution in [0.4, 0.5) is 5.82 Å². The van der Waals surface area contributed by atoms with Gasteiger partial charge in [-0.3, -0.25) is 4.90 Å². The van der Waals surface area contributed by atoms with Crippen LogP contribution in [0.15, 0.2) is 0 Å². The molecule has 2 rings (SSSR count). The Morgan fingerprint density at radius 2 is 2.27 bits per heavy atom. The lowest BCUT2D eigenvalue weighted by molar-refractivity contribution is 0.213. The van der Waals surface area contributed by atoms with Gasteiger partial charge in [0.2, 0.25) is 0 Å². The Morgan fingerprint density at radius 3 is 2.87 bits per heavy atom. The minimum atomic E-state index is 0.541. The summed E-state index contributed by atoms with van der Waals surface area (Å²) in [6.07, 6.45) is 1.15. The monoisotopic (exact) mass is 246 g/mol. The molecule has 1 atom stereocenters. The highest BCUT2D eigenvalue weighted by molar-refractivity contribution is 6.99. The third-order valence-electron chi connectivity index (χ3n) is 2.98. The number of piperazine rings is 1. The zero-order chi connectivity index (χ0) is 10.8. The van der Waals surface area contributed by atoms with Crippen molar-refractivity contribution in [3.05, 3.63) is 5.15 Å². The molecule has 1 unspecified atom stereocenters. The van der Waals surface area contributed by atoms with Gasteiger partial charge in [0, 0.05) is 25.7 Å². The third-order valence-corrected chi connectivity index (χ3v) is 3.85. The summed E-state index contributed by atoms with van der Waals surface area (Å²) in [6, 6.07) is 0.594. The Kier molecular flexibility index (Phi) is 3.43. The summed E-state index contributed by atoms with van der Waals surface area (Å²) in [5.74, 6) is 0.855. The van der Waals surface area contributed by atoms with Gasteiger partial charge < -0.3 is 4.90 Å². The van der Waals surface area contributed by atoms with Crippen molar-refractivity contribution in [3.8, 4) is 0 Å². The van der Waals surface area contributed by atoms with Gasteiger partial charge in [0.25, 0.3) is 0 Å². The molecule has 6 heteroatoms. The van der Waals surface area contributed by atoms with Gasteiger partial charge in [0.05, 0.1) is 11.7 Å². The van der Waals surface area contributed by atoms with E-state index in [9.17, 15) is 0 Å². The van der Waals surface area contributed by atoms with Gasteiger partial charge in [-0.15, -0.1) is 0 Å². The van der Waals surface area contributed by atoms with Gasteiger partial charge >= 0.3 is 0 Å². The molecule has 1 saturated heterocycles. The van der Waals surface area contributed by atoms with E-state index >= 15 is 0 Å². The van der Waals surface area contributed by atoms with Crippen molar-refractivity contribution in [2.75, 3.05) is 31.6 Å². The van der Waals surface area contributed by atoms with Gasteiger partial charge in [-0.25, -0.2) is 0 Å². The Labute approximate surface area is 99.2 Å². The first-order valence-corrected chi connectivity index (χ1v) is 6.26. The Hall–Kier alpha value is -0.390. The van der Waals surface area contributed by atoms with Gasteiger partial charge in [0.1, 0.15) is 0 Å². The number of likely N-dealkylation sites (N-methyl/N-ethyl adjacent to an activating group) is 1. The fraction of sp³-hybridized carbons (Fsp3) is 0.778.